The summed E-state index contributed by atoms with van der Waals surface area (Å²) < 4.78 is 0.961. The molecule has 1 nitrogen and oxygen atoms in total. The van der Waals surface area contributed by atoms with Crippen LogP contribution in [0.3, 0.4) is 0 Å². The molecule has 3 heteroatoms. The number of nitrogens with zero attached hydrogens (tertiary/aromatic N) is 1. The second-order valence-electron chi connectivity index (χ2n) is 3.68. The fourth-order valence-electron chi connectivity index (χ4n) is 1.46. The first-order chi connectivity index (χ1) is 7.08. The maximum absolute atomic E-state index is 4.52. The first kappa shape index (κ1) is 10.8. The number of halogens is 1. The summed E-state index contributed by atoms with van der Waals surface area (Å²) in [4.78, 5) is 5.75. The Balaban J connectivity index is 2.58. The first-order valence-corrected chi connectivity index (χ1v) is 6.39. The van der Waals surface area contributed by atoms with Gasteiger partial charge in [0.05, 0.1) is 0 Å². The predicted molar refractivity (Wildman–Crippen MR) is 69.5 cm³/mol. The van der Waals surface area contributed by atoms with Crippen molar-refractivity contribution in [2.24, 2.45) is 0 Å². The van der Waals surface area contributed by atoms with Crippen molar-refractivity contribution >= 4 is 27.3 Å². The molecule has 1 aromatic carbocycles. The van der Waals surface area contributed by atoms with E-state index < -0.39 is 0 Å². The van der Waals surface area contributed by atoms with E-state index in [9.17, 15) is 0 Å². The zero-order chi connectivity index (χ0) is 11.0. The summed E-state index contributed by atoms with van der Waals surface area (Å²) in [5.41, 5.74) is 3.80. The summed E-state index contributed by atoms with van der Waals surface area (Å²) in [6.45, 7) is 6.31. The lowest BCUT2D eigenvalue weighted by molar-refractivity contribution is 1.30. The quantitative estimate of drug-likeness (QED) is 0.750. The molecular weight excluding hydrogens is 270 g/mol. The molecule has 0 fully saturated rings. The molecule has 0 saturated heterocycles. The van der Waals surface area contributed by atoms with Crippen LogP contribution < -0.4 is 0 Å². The van der Waals surface area contributed by atoms with Crippen LogP contribution in [0.15, 0.2) is 22.8 Å². The van der Waals surface area contributed by atoms with Crippen molar-refractivity contribution in [1.82, 2.24) is 4.98 Å². The Morgan fingerprint density at radius 3 is 2.53 bits per heavy atom. The van der Waals surface area contributed by atoms with Crippen molar-refractivity contribution in [2.45, 2.75) is 20.8 Å². The molecule has 0 radical (unpaired) electrons. The van der Waals surface area contributed by atoms with Crippen molar-refractivity contribution in [2.75, 3.05) is 0 Å². The number of rotatable bonds is 1. The maximum Gasteiger partial charge on any atom is 0.125 e. The fourth-order valence-corrected chi connectivity index (χ4v) is 2.88. The van der Waals surface area contributed by atoms with E-state index in [2.05, 4.69) is 59.9 Å². The Kier molecular flexibility index (Phi) is 2.94. The van der Waals surface area contributed by atoms with Gasteiger partial charge in [0, 0.05) is 10.4 Å². The minimum absolute atomic E-state index is 0.961. The average molecular weight is 282 g/mol. The molecule has 0 spiro atoms. The van der Waals surface area contributed by atoms with Crippen molar-refractivity contribution in [3.8, 4) is 10.6 Å². The molecule has 1 heterocycles. The third-order valence-electron chi connectivity index (χ3n) is 2.36. The van der Waals surface area contributed by atoms with Crippen LogP contribution in [0.2, 0.25) is 0 Å². The van der Waals surface area contributed by atoms with Gasteiger partial charge in [-0.15, -0.1) is 11.3 Å². The minimum Gasteiger partial charge on any atom is -0.229 e. The van der Waals surface area contributed by atoms with Crippen LogP contribution in [0.25, 0.3) is 10.6 Å². The van der Waals surface area contributed by atoms with Gasteiger partial charge in [0.15, 0.2) is 0 Å². The zero-order valence-electron chi connectivity index (χ0n) is 8.97. The van der Waals surface area contributed by atoms with Gasteiger partial charge in [0.1, 0.15) is 9.61 Å². The molecule has 0 aliphatic rings. The summed E-state index contributed by atoms with van der Waals surface area (Å²) in [5.74, 6) is 0. The molecule has 2 rings (SSSR count). The number of hydrogen-bond acceptors (Lipinski definition) is 2. The van der Waals surface area contributed by atoms with Gasteiger partial charge in [-0.1, -0.05) is 17.7 Å². The number of thiazole rings is 1. The number of aromatic nitrogens is 1. The van der Waals surface area contributed by atoms with Gasteiger partial charge >= 0.3 is 0 Å². The molecule has 15 heavy (non-hydrogen) atoms. The van der Waals surface area contributed by atoms with Gasteiger partial charge < -0.3 is 0 Å². The summed E-state index contributed by atoms with van der Waals surface area (Å²) >= 11 is 5.19. The van der Waals surface area contributed by atoms with Crippen LogP contribution in [0.5, 0.6) is 0 Å². The molecule has 0 aliphatic carbocycles. The third kappa shape index (κ3) is 2.13. The summed E-state index contributed by atoms with van der Waals surface area (Å²) in [6.07, 6.45) is 0. The lowest BCUT2D eigenvalue weighted by Gasteiger charge is -2.02. The molecule has 0 saturated carbocycles. The van der Waals surface area contributed by atoms with E-state index in [0.717, 1.165) is 9.61 Å². The number of benzene rings is 1. The highest BCUT2D eigenvalue weighted by molar-refractivity contribution is 9.10. The van der Waals surface area contributed by atoms with Crippen molar-refractivity contribution in [3.05, 3.63) is 38.8 Å². The number of aryl methyl sites for hydroxylation is 3. The second-order valence-corrected chi connectivity index (χ2v) is 5.64. The Labute approximate surface area is 102 Å². The molecule has 0 unspecified atom stereocenters. The molecule has 0 amide bonds. The van der Waals surface area contributed by atoms with Gasteiger partial charge in [-0.25, -0.2) is 4.98 Å². The fraction of sp³-hybridized carbons (Fsp3) is 0.250. The van der Waals surface area contributed by atoms with E-state index in [1.807, 2.05) is 0 Å². The highest BCUT2D eigenvalue weighted by Crippen LogP contribution is 2.32. The smallest absolute Gasteiger partial charge is 0.125 e. The van der Waals surface area contributed by atoms with Crippen molar-refractivity contribution in [1.29, 1.82) is 0 Å². The topological polar surface area (TPSA) is 12.9 Å². The lowest BCUT2D eigenvalue weighted by atomic mass is 10.1. The normalized spacial score (nSPS) is 10.7. The Morgan fingerprint density at radius 2 is 1.93 bits per heavy atom. The third-order valence-corrected chi connectivity index (χ3v) is 4.40. The van der Waals surface area contributed by atoms with Crippen LogP contribution in [0.4, 0.5) is 0 Å². The lowest BCUT2D eigenvalue weighted by Crippen LogP contribution is -1.83. The first-order valence-electron chi connectivity index (χ1n) is 4.78. The molecule has 0 atom stereocenters. The van der Waals surface area contributed by atoms with E-state index in [4.69, 9.17) is 0 Å². The average Bonchev–Trinajstić information content (AvgIpc) is 2.51. The van der Waals surface area contributed by atoms with Gasteiger partial charge in [-0.2, -0.15) is 0 Å². The van der Waals surface area contributed by atoms with Crippen LogP contribution >= 0.6 is 27.3 Å². The van der Waals surface area contributed by atoms with E-state index in [-0.39, 0.29) is 0 Å². The van der Waals surface area contributed by atoms with Gasteiger partial charge in [-0.3, -0.25) is 0 Å². The van der Waals surface area contributed by atoms with Crippen LogP contribution in [-0.2, 0) is 0 Å². The second kappa shape index (κ2) is 4.06. The predicted octanol–water partition coefficient (Wildman–Crippen LogP) is 4.50. The molecule has 0 bridgehead atoms. The van der Waals surface area contributed by atoms with Gasteiger partial charge in [0.25, 0.3) is 0 Å². The number of hydrogen-bond donors (Lipinski definition) is 0. The standard InChI is InChI=1S/C12H12BrNS/c1-7-4-5-8(2)10(6-7)12-14-11(13)9(3)15-12/h4-6H,1-3H3. The van der Waals surface area contributed by atoms with Crippen molar-refractivity contribution < 1.29 is 0 Å². The largest absolute Gasteiger partial charge is 0.229 e. The summed E-state index contributed by atoms with van der Waals surface area (Å²) in [7, 11) is 0. The zero-order valence-corrected chi connectivity index (χ0v) is 11.4. The minimum atomic E-state index is 0.961. The van der Waals surface area contributed by atoms with Crippen molar-refractivity contribution in [3.63, 3.8) is 0 Å². The molecule has 0 aliphatic heterocycles. The molecular formula is C12H12BrNS. The van der Waals surface area contributed by atoms with E-state index in [1.54, 1.807) is 11.3 Å². The highest BCUT2D eigenvalue weighted by atomic mass is 79.9. The van der Waals surface area contributed by atoms with Crippen LogP contribution in [-0.4, -0.2) is 4.98 Å². The SMILES string of the molecule is Cc1ccc(C)c(-c2nc(Br)c(C)s2)c1. The van der Waals surface area contributed by atoms with E-state index in [1.165, 1.54) is 21.6 Å². The van der Waals surface area contributed by atoms with E-state index in [0.29, 0.717) is 0 Å². The van der Waals surface area contributed by atoms with Crippen LogP contribution in [0, 0.1) is 20.8 Å². The monoisotopic (exact) mass is 281 g/mol. The van der Waals surface area contributed by atoms with E-state index >= 15 is 0 Å². The van der Waals surface area contributed by atoms with Gasteiger partial charge in [-0.05, 0) is 48.3 Å². The Morgan fingerprint density at radius 1 is 1.20 bits per heavy atom. The maximum atomic E-state index is 4.52. The van der Waals surface area contributed by atoms with Crippen LogP contribution in [0.1, 0.15) is 16.0 Å². The Hall–Kier alpha value is -0.670. The molecule has 2 aromatic rings. The molecule has 0 N–H and O–H groups in total. The highest BCUT2D eigenvalue weighted by Gasteiger charge is 2.09. The summed E-state index contributed by atoms with van der Waals surface area (Å²) in [6, 6.07) is 6.48. The molecule has 1 aromatic heterocycles. The Bertz CT molecular complexity index is 483. The summed E-state index contributed by atoms with van der Waals surface area (Å²) in [5, 5.41) is 1.10. The van der Waals surface area contributed by atoms with Gasteiger partial charge in [0.2, 0.25) is 0 Å². The molecule has 78 valence electrons.